The van der Waals surface area contributed by atoms with Crippen LogP contribution in [-0.4, -0.2) is 41.5 Å². The van der Waals surface area contributed by atoms with Gasteiger partial charge in [0.25, 0.3) is 5.91 Å². The van der Waals surface area contributed by atoms with Gasteiger partial charge in [0.2, 0.25) is 0 Å². The molecule has 0 aliphatic rings. The van der Waals surface area contributed by atoms with Crippen LogP contribution >= 0.6 is 11.6 Å². The van der Waals surface area contributed by atoms with Gasteiger partial charge in [-0.15, -0.1) is 0 Å². The summed E-state index contributed by atoms with van der Waals surface area (Å²) < 4.78 is 6.14. The Hall–Kier alpha value is -2.98. The molecule has 0 saturated heterocycles. The Morgan fingerprint density at radius 1 is 1.35 bits per heavy atom. The zero-order chi connectivity index (χ0) is 19.4. The van der Waals surface area contributed by atoms with E-state index in [0.717, 1.165) is 0 Å². The molecule has 1 aromatic heterocycles. The van der Waals surface area contributed by atoms with Crippen molar-refractivity contribution in [2.24, 2.45) is 0 Å². The number of esters is 1. The van der Waals surface area contributed by atoms with Crippen LogP contribution in [0, 0.1) is 11.3 Å². The number of benzene rings is 1. The van der Waals surface area contributed by atoms with Crippen molar-refractivity contribution in [3.63, 3.8) is 0 Å². The molecule has 0 bridgehead atoms. The van der Waals surface area contributed by atoms with E-state index < -0.39 is 5.97 Å². The fourth-order valence-electron chi connectivity index (χ4n) is 2.63. The number of rotatable bonds is 5. The van der Waals surface area contributed by atoms with Crippen LogP contribution in [0.25, 0.3) is 5.69 Å². The van der Waals surface area contributed by atoms with E-state index in [0.29, 0.717) is 29.4 Å². The van der Waals surface area contributed by atoms with Crippen molar-refractivity contribution in [1.29, 1.82) is 5.26 Å². The monoisotopic (exact) mass is 374 g/mol. The van der Waals surface area contributed by atoms with Crippen LogP contribution in [0.4, 0.5) is 5.69 Å². The van der Waals surface area contributed by atoms with Gasteiger partial charge < -0.3 is 19.9 Å². The van der Waals surface area contributed by atoms with E-state index in [1.54, 1.807) is 23.1 Å². The first-order chi connectivity index (χ1) is 12.4. The van der Waals surface area contributed by atoms with Gasteiger partial charge in [0.15, 0.2) is 5.69 Å². The molecule has 0 aliphatic carbocycles. The normalized spacial score (nSPS) is 10.3. The number of methoxy groups -OCH3 is 1. The number of ether oxygens (including phenoxy) is 1. The molecule has 7 nitrogen and oxygen atoms in total. The lowest BCUT2D eigenvalue weighted by molar-refractivity contribution is 0.0592. The minimum atomic E-state index is -0.708. The average Bonchev–Trinajstić information content (AvgIpc) is 2.98. The third kappa shape index (κ3) is 3.37. The van der Waals surface area contributed by atoms with Gasteiger partial charge in [-0.05, 0) is 32.0 Å². The van der Waals surface area contributed by atoms with Gasteiger partial charge in [0.05, 0.1) is 29.1 Å². The van der Waals surface area contributed by atoms with Crippen molar-refractivity contribution in [2.45, 2.75) is 13.8 Å². The molecule has 0 fully saturated rings. The molecule has 2 aromatic rings. The molecule has 136 valence electrons. The molecule has 1 heterocycles. The molecule has 2 rings (SSSR count). The van der Waals surface area contributed by atoms with Crippen molar-refractivity contribution in [2.75, 3.05) is 25.9 Å². The number of amides is 1. The summed E-state index contributed by atoms with van der Waals surface area (Å²) in [7, 11) is 1.22. The molecular weight excluding hydrogens is 356 g/mol. The summed E-state index contributed by atoms with van der Waals surface area (Å²) in [5.74, 6) is -0.867. The number of halogens is 1. The molecule has 0 atom stereocenters. The maximum absolute atomic E-state index is 12.6. The Morgan fingerprint density at radius 2 is 2.00 bits per heavy atom. The maximum atomic E-state index is 12.6. The number of hydrogen-bond acceptors (Lipinski definition) is 5. The molecule has 26 heavy (non-hydrogen) atoms. The predicted molar refractivity (Wildman–Crippen MR) is 98.5 cm³/mol. The van der Waals surface area contributed by atoms with Crippen LogP contribution in [0.2, 0.25) is 5.02 Å². The number of aromatic nitrogens is 1. The summed E-state index contributed by atoms with van der Waals surface area (Å²) in [5, 5.41) is 9.51. The summed E-state index contributed by atoms with van der Waals surface area (Å²) in [4.78, 5) is 26.4. The van der Waals surface area contributed by atoms with Crippen molar-refractivity contribution < 1.29 is 14.3 Å². The lowest BCUT2D eigenvalue weighted by Gasteiger charge is -2.19. The number of nitrogen functional groups attached to an aromatic ring is 1. The first kappa shape index (κ1) is 19.3. The van der Waals surface area contributed by atoms with Crippen molar-refractivity contribution in [3.8, 4) is 11.8 Å². The first-order valence-electron chi connectivity index (χ1n) is 7.97. The number of nitriles is 1. The summed E-state index contributed by atoms with van der Waals surface area (Å²) in [5.41, 5.74) is 6.77. The lowest BCUT2D eigenvalue weighted by Crippen LogP contribution is -2.30. The summed E-state index contributed by atoms with van der Waals surface area (Å²) in [6.07, 6.45) is 1.40. The second-order valence-corrected chi connectivity index (χ2v) is 5.83. The second-order valence-electron chi connectivity index (χ2n) is 5.42. The fourth-order valence-corrected chi connectivity index (χ4v) is 2.84. The molecule has 1 aromatic carbocycles. The number of carbonyl (C=O) groups excluding carboxylic acids is 2. The zero-order valence-corrected chi connectivity index (χ0v) is 15.5. The fraction of sp³-hybridized carbons (Fsp3) is 0.278. The molecule has 0 saturated carbocycles. The van der Waals surface area contributed by atoms with Crippen LogP contribution < -0.4 is 5.73 Å². The highest BCUT2D eigenvalue weighted by Crippen LogP contribution is 2.29. The van der Waals surface area contributed by atoms with Gasteiger partial charge in [-0.3, -0.25) is 4.79 Å². The average molecular weight is 375 g/mol. The first-order valence-corrected chi connectivity index (χ1v) is 8.35. The molecule has 1 amide bonds. The van der Waals surface area contributed by atoms with Gasteiger partial charge in [-0.1, -0.05) is 11.6 Å². The van der Waals surface area contributed by atoms with Crippen LogP contribution in [-0.2, 0) is 4.74 Å². The molecule has 0 unspecified atom stereocenters. The highest BCUT2D eigenvalue weighted by atomic mass is 35.5. The molecule has 0 spiro atoms. The van der Waals surface area contributed by atoms with E-state index in [9.17, 15) is 14.9 Å². The van der Waals surface area contributed by atoms with Crippen LogP contribution in [0.3, 0.4) is 0 Å². The van der Waals surface area contributed by atoms with Gasteiger partial charge in [0, 0.05) is 24.8 Å². The van der Waals surface area contributed by atoms with Crippen molar-refractivity contribution in [3.05, 3.63) is 46.2 Å². The second kappa shape index (κ2) is 7.93. The van der Waals surface area contributed by atoms with E-state index in [1.807, 2.05) is 19.9 Å². The van der Waals surface area contributed by atoms with E-state index in [4.69, 9.17) is 22.1 Å². The maximum Gasteiger partial charge on any atom is 0.357 e. The van der Waals surface area contributed by atoms with Crippen molar-refractivity contribution >= 4 is 29.2 Å². The van der Waals surface area contributed by atoms with E-state index >= 15 is 0 Å². The van der Waals surface area contributed by atoms with E-state index in [-0.39, 0.29) is 22.9 Å². The Balaban J connectivity index is 2.66. The van der Waals surface area contributed by atoms with Crippen molar-refractivity contribution in [1.82, 2.24) is 9.47 Å². The largest absolute Gasteiger partial charge is 0.464 e. The van der Waals surface area contributed by atoms with Gasteiger partial charge in [-0.25, -0.2) is 4.79 Å². The summed E-state index contributed by atoms with van der Waals surface area (Å²) in [6.45, 7) is 4.91. The standard InChI is InChI=1S/C18H19ClN4O3/c1-4-22(5-2)17(24)11-6-7-13(19)14(8-11)23-10-12(9-20)15(21)16(23)18(25)26-3/h6-8,10H,4-5,21H2,1-3H3. The number of carbonyl (C=O) groups is 2. The Morgan fingerprint density at radius 3 is 2.54 bits per heavy atom. The summed E-state index contributed by atoms with van der Waals surface area (Å²) in [6, 6.07) is 6.67. The Bertz CT molecular complexity index is 895. The predicted octanol–water partition coefficient (Wildman–Crippen LogP) is 2.85. The van der Waals surface area contributed by atoms with Crippen LogP contribution in [0.15, 0.2) is 24.4 Å². The highest BCUT2D eigenvalue weighted by molar-refractivity contribution is 6.32. The third-order valence-corrected chi connectivity index (χ3v) is 4.37. The molecule has 0 radical (unpaired) electrons. The molecule has 0 aliphatic heterocycles. The molecule has 8 heteroatoms. The SMILES string of the molecule is CCN(CC)C(=O)c1ccc(Cl)c(-n2cc(C#N)c(N)c2C(=O)OC)c1. The van der Waals surface area contributed by atoms with Gasteiger partial charge in [0.1, 0.15) is 6.07 Å². The summed E-state index contributed by atoms with van der Waals surface area (Å²) >= 11 is 6.29. The molecular formula is C18H19ClN4O3. The number of hydrogen-bond donors (Lipinski definition) is 1. The Labute approximate surface area is 156 Å². The Kier molecular flexibility index (Phi) is 5.90. The quantitative estimate of drug-likeness (QED) is 0.811. The number of anilines is 1. The van der Waals surface area contributed by atoms with Crippen LogP contribution in [0.1, 0.15) is 40.3 Å². The smallest absolute Gasteiger partial charge is 0.357 e. The van der Waals surface area contributed by atoms with Crippen LogP contribution in [0.5, 0.6) is 0 Å². The topological polar surface area (TPSA) is 101 Å². The minimum Gasteiger partial charge on any atom is -0.464 e. The van der Waals surface area contributed by atoms with E-state index in [1.165, 1.54) is 17.9 Å². The van der Waals surface area contributed by atoms with Gasteiger partial charge in [-0.2, -0.15) is 5.26 Å². The highest BCUT2D eigenvalue weighted by Gasteiger charge is 2.24. The number of nitrogens with two attached hydrogens (primary N) is 1. The van der Waals surface area contributed by atoms with Gasteiger partial charge >= 0.3 is 5.97 Å². The third-order valence-electron chi connectivity index (χ3n) is 4.05. The lowest BCUT2D eigenvalue weighted by atomic mass is 10.1. The molecule has 2 N–H and O–H groups in total. The minimum absolute atomic E-state index is 0.00381. The zero-order valence-electron chi connectivity index (χ0n) is 14.7. The van der Waals surface area contributed by atoms with E-state index in [2.05, 4.69) is 0 Å². The number of nitrogens with zero attached hydrogens (tertiary/aromatic N) is 3.